The van der Waals surface area contributed by atoms with Crippen molar-refractivity contribution >= 4 is 11.8 Å². The Balaban J connectivity index is 2.14. The maximum atomic E-state index is 12.4. The van der Waals surface area contributed by atoms with Crippen LogP contribution in [0.25, 0.3) is 0 Å². The Morgan fingerprint density at radius 1 is 1.17 bits per heavy atom. The summed E-state index contributed by atoms with van der Waals surface area (Å²) in [5.41, 5.74) is 2.28. The fourth-order valence-corrected chi connectivity index (χ4v) is 3.02. The average molecular weight is 250 g/mol. The van der Waals surface area contributed by atoms with Crippen molar-refractivity contribution in [2.75, 3.05) is 6.61 Å². The van der Waals surface area contributed by atoms with Crippen LogP contribution in [0.5, 0.6) is 0 Å². The molecular weight excluding hydrogens is 228 g/mol. The van der Waals surface area contributed by atoms with Gasteiger partial charge in [0, 0.05) is 0 Å². The fourth-order valence-electron chi connectivity index (χ4n) is 3.02. The third-order valence-corrected chi connectivity index (χ3v) is 4.00. The monoisotopic (exact) mass is 250 g/mol. The molecule has 0 N–H and O–H groups in total. The van der Waals surface area contributed by atoms with Crippen LogP contribution in [0.2, 0.25) is 0 Å². The van der Waals surface area contributed by atoms with Crippen molar-refractivity contribution in [2.24, 2.45) is 5.92 Å². The summed E-state index contributed by atoms with van der Waals surface area (Å²) in [5, 5.41) is 0. The second kappa shape index (κ2) is 6.17. The Bertz CT molecular complexity index is 368. The third kappa shape index (κ3) is 2.82. The van der Waals surface area contributed by atoms with Crippen molar-refractivity contribution in [2.45, 2.75) is 58.3 Å². The number of rotatable bonds is 2. The van der Waals surface area contributed by atoms with Crippen molar-refractivity contribution in [3.8, 4) is 0 Å². The van der Waals surface area contributed by atoms with Gasteiger partial charge in [-0.05, 0) is 51.0 Å². The highest BCUT2D eigenvalue weighted by atomic mass is 16.5. The molecule has 100 valence electrons. The van der Waals surface area contributed by atoms with Crippen molar-refractivity contribution in [3.63, 3.8) is 0 Å². The minimum atomic E-state index is -0.525. The molecule has 0 spiro atoms. The predicted octanol–water partition coefficient (Wildman–Crippen LogP) is 3.18. The number of carbonyl (C=O) groups excluding carboxylic acids is 2. The molecule has 0 amide bonds. The minimum Gasteiger partial charge on any atom is -0.465 e. The summed E-state index contributed by atoms with van der Waals surface area (Å²) < 4.78 is 5.01. The maximum absolute atomic E-state index is 12.4. The molecule has 2 aliphatic carbocycles. The fraction of sp³-hybridized carbons (Fsp3) is 0.733. The molecule has 1 atom stereocenters. The van der Waals surface area contributed by atoms with Gasteiger partial charge in [-0.1, -0.05) is 18.4 Å². The first-order valence-electron chi connectivity index (χ1n) is 7.15. The zero-order chi connectivity index (χ0) is 13.0. The molecule has 0 aromatic carbocycles. The molecule has 0 saturated heterocycles. The maximum Gasteiger partial charge on any atom is 0.316 e. The van der Waals surface area contributed by atoms with Crippen LogP contribution in [-0.2, 0) is 14.3 Å². The molecule has 0 fully saturated rings. The highest BCUT2D eigenvalue weighted by Gasteiger charge is 2.35. The van der Waals surface area contributed by atoms with E-state index in [2.05, 4.69) is 0 Å². The van der Waals surface area contributed by atoms with E-state index in [0.29, 0.717) is 13.0 Å². The predicted molar refractivity (Wildman–Crippen MR) is 69.1 cm³/mol. The van der Waals surface area contributed by atoms with Gasteiger partial charge in [-0.25, -0.2) is 0 Å². The van der Waals surface area contributed by atoms with Gasteiger partial charge in [0.25, 0.3) is 0 Å². The molecule has 0 aromatic heterocycles. The summed E-state index contributed by atoms with van der Waals surface area (Å²) >= 11 is 0. The van der Waals surface area contributed by atoms with Crippen LogP contribution >= 0.6 is 0 Å². The largest absolute Gasteiger partial charge is 0.465 e. The number of ether oxygens (including phenoxy) is 1. The number of hydrogen-bond donors (Lipinski definition) is 0. The van der Waals surface area contributed by atoms with Gasteiger partial charge in [0.2, 0.25) is 0 Å². The highest BCUT2D eigenvalue weighted by Crippen LogP contribution is 2.34. The molecule has 0 bridgehead atoms. The van der Waals surface area contributed by atoms with Crippen LogP contribution in [0.4, 0.5) is 0 Å². The standard InChI is InChI=1S/C15H22O3/c1-2-18-15(17)13-10-9-11-7-5-3-4-6-8-12(11)14(13)16/h13H,2-10H2,1H3. The van der Waals surface area contributed by atoms with E-state index >= 15 is 0 Å². The molecule has 2 aliphatic rings. The second-order valence-corrected chi connectivity index (χ2v) is 5.20. The van der Waals surface area contributed by atoms with Gasteiger partial charge in [-0.15, -0.1) is 0 Å². The van der Waals surface area contributed by atoms with Gasteiger partial charge in [0.15, 0.2) is 5.78 Å². The minimum absolute atomic E-state index is 0.0524. The van der Waals surface area contributed by atoms with Gasteiger partial charge >= 0.3 is 5.97 Å². The zero-order valence-corrected chi connectivity index (χ0v) is 11.2. The van der Waals surface area contributed by atoms with Crippen LogP contribution in [-0.4, -0.2) is 18.4 Å². The smallest absolute Gasteiger partial charge is 0.316 e. The van der Waals surface area contributed by atoms with Crippen LogP contribution in [0.3, 0.4) is 0 Å². The van der Waals surface area contributed by atoms with Crippen molar-refractivity contribution in [1.29, 1.82) is 0 Å². The lowest BCUT2D eigenvalue weighted by atomic mass is 9.78. The van der Waals surface area contributed by atoms with Crippen LogP contribution in [0.15, 0.2) is 11.1 Å². The van der Waals surface area contributed by atoms with Gasteiger partial charge in [-0.3, -0.25) is 9.59 Å². The molecule has 0 aliphatic heterocycles. The molecule has 0 radical (unpaired) electrons. The first kappa shape index (κ1) is 13.3. The Morgan fingerprint density at radius 2 is 1.89 bits per heavy atom. The van der Waals surface area contributed by atoms with E-state index in [4.69, 9.17) is 4.74 Å². The molecule has 18 heavy (non-hydrogen) atoms. The molecule has 2 rings (SSSR count). The van der Waals surface area contributed by atoms with Crippen LogP contribution in [0.1, 0.15) is 58.3 Å². The van der Waals surface area contributed by atoms with E-state index < -0.39 is 5.92 Å². The Hall–Kier alpha value is -1.12. The van der Waals surface area contributed by atoms with Crippen LogP contribution < -0.4 is 0 Å². The number of hydrogen-bond acceptors (Lipinski definition) is 3. The molecular formula is C15H22O3. The quantitative estimate of drug-likeness (QED) is 0.558. The molecule has 0 heterocycles. The number of ketones is 1. The zero-order valence-electron chi connectivity index (χ0n) is 11.2. The summed E-state index contributed by atoms with van der Waals surface area (Å²) in [4.78, 5) is 24.2. The molecule has 0 saturated carbocycles. The summed E-state index contributed by atoms with van der Waals surface area (Å²) in [6, 6.07) is 0. The number of Topliss-reactive ketones (excluding diaryl/α,β-unsaturated/α-hetero) is 1. The van der Waals surface area contributed by atoms with E-state index in [1.165, 1.54) is 24.8 Å². The lowest BCUT2D eigenvalue weighted by Gasteiger charge is -2.26. The third-order valence-electron chi connectivity index (χ3n) is 4.00. The molecule has 1 unspecified atom stereocenters. The van der Waals surface area contributed by atoms with E-state index in [1.54, 1.807) is 6.92 Å². The summed E-state index contributed by atoms with van der Waals surface area (Å²) in [6.45, 7) is 2.14. The Labute approximate surface area is 109 Å². The average Bonchev–Trinajstić information content (AvgIpc) is 2.31. The normalized spacial score (nSPS) is 25.2. The Morgan fingerprint density at radius 3 is 2.61 bits per heavy atom. The van der Waals surface area contributed by atoms with E-state index in [1.807, 2.05) is 0 Å². The molecule has 3 heteroatoms. The second-order valence-electron chi connectivity index (χ2n) is 5.20. The van der Waals surface area contributed by atoms with Gasteiger partial charge in [0.05, 0.1) is 6.61 Å². The van der Waals surface area contributed by atoms with Crippen molar-refractivity contribution < 1.29 is 14.3 Å². The molecule has 3 nitrogen and oxygen atoms in total. The lowest BCUT2D eigenvalue weighted by molar-refractivity contribution is -0.151. The van der Waals surface area contributed by atoms with E-state index in [9.17, 15) is 9.59 Å². The summed E-state index contributed by atoms with van der Waals surface area (Å²) in [7, 11) is 0. The Kier molecular flexibility index (Phi) is 4.56. The first-order valence-corrected chi connectivity index (χ1v) is 7.15. The lowest BCUT2D eigenvalue weighted by Crippen LogP contribution is -2.31. The van der Waals surface area contributed by atoms with Crippen molar-refractivity contribution in [3.05, 3.63) is 11.1 Å². The van der Waals surface area contributed by atoms with Crippen LogP contribution in [0, 0.1) is 5.92 Å². The van der Waals surface area contributed by atoms with Gasteiger partial charge in [-0.2, -0.15) is 0 Å². The van der Waals surface area contributed by atoms with E-state index in [0.717, 1.165) is 31.3 Å². The summed E-state index contributed by atoms with van der Waals surface area (Å²) in [6.07, 6.45) is 8.22. The number of allylic oxidation sites excluding steroid dienone is 2. The first-order chi connectivity index (χ1) is 8.74. The number of carbonyl (C=O) groups is 2. The SMILES string of the molecule is CCOC(=O)C1CCC2=C(CCCCCC2)C1=O. The van der Waals surface area contributed by atoms with Crippen molar-refractivity contribution in [1.82, 2.24) is 0 Å². The van der Waals surface area contributed by atoms with E-state index in [-0.39, 0.29) is 11.8 Å². The summed E-state index contributed by atoms with van der Waals surface area (Å²) in [5.74, 6) is -0.796. The topological polar surface area (TPSA) is 43.4 Å². The number of esters is 1. The highest BCUT2D eigenvalue weighted by molar-refractivity contribution is 6.09. The van der Waals surface area contributed by atoms with Gasteiger partial charge in [0.1, 0.15) is 5.92 Å². The molecule has 0 aromatic rings. The van der Waals surface area contributed by atoms with Gasteiger partial charge < -0.3 is 4.74 Å².